The van der Waals surface area contributed by atoms with Crippen molar-refractivity contribution in [2.24, 2.45) is 7.05 Å². The van der Waals surface area contributed by atoms with Crippen molar-refractivity contribution < 1.29 is 4.42 Å². The number of hydrogen-bond donors (Lipinski definition) is 0. The molecule has 0 radical (unpaired) electrons. The summed E-state index contributed by atoms with van der Waals surface area (Å²) in [6, 6.07) is 8.03. The number of thioether (sulfide) groups is 1. The molecule has 0 unspecified atom stereocenters. The van der Waals surface area contributed by atoms with Crippen LogP contribution in [-0.2, 0) is 25.9 Å². The van der Waals surface area contributed by atoms with Gasteiger partial charge in [-0.05, 0) is 43.8 Å². The summed E-state index contributed by atoms with van der Waals surface area (Å²) in [7, 11) is 4.06. The van der Waals surface area contributed by atoms with Gasteiger partial charge in [0.1, 0.15) is 17.3 Å². The maximum Gasteiger partial charge on any atom is 0.191 e. The minimum Gasteiger partial charge on any atom is -0.465 e. The number of aryl methyl sites for hydroxylation is 1. The lowest BCUT2D eigenvalue weighted by atomic mass is 10.3. The van der Waals surface area contributed by atoms with Gasteiger partial charge in [-0.3, -0.25) is 9.88 Å². The van der Waals surface area contributed by atoms with Gasteiger partial charge in [-0.15, -0.1) is 10.2 Å². The fraction of sp³-hybridized carbons (Fsp3) is 0.353. The van der Waals surface area contributed by atoms with Gasteiger partial charge in [-0.25, -0.2) is 0 Å². The number of hydrogen-bond acceptors (Lipinski definition) is 6. The lowest BCUT2D eigenvalue weighted by molar-refractivity contribution is 0.275. The van der Waals surface area contributed by atoms with Crippen LogP contribution in [-0.4, -0.2) is 31.7 Å². The highest BCUT2D eigenvalue weighted by molar-refractivity contribution is 7.98. The van der Waals surface area contributed by atoms with Crippen LogP contribution in [0.4, 0.5) is 0 Å². The van der Waals surface area contributed by atoms with Gasteiger partial charge >= 0.3 is 0 Å². The van der Waals surface area contributed by atoms with Crippen molar-refractivity contribution in [2.75, 3.05) is 7.05 Å². The Labute approximate surface area is 145 Å². The largest absolute Gasteiger partial charge is 0.465 e. The van der Waals surface area contributed by atoms with Gasteiger partial charge in [0.2, 0.25) is 0 Å². The third kappa shape index (κ3) is 4.24. The highest BCUT2D eigenvalue weighted by atomic mass is 32.2. The van der Waals surface area contributed by atoms with E-state index in [9.17, 15) is 0 Å². The van der Waals surface area contributed by atoms with Crippen molar-refractivity contribution in [1.82, 2.24) is 24.6 Å². The predicted octanol–water partition coefficient (Wildman–Crippen LogP) is 3.04. The summed E-state index contributed by atoms with van der Waals surface area (Å²) >= 11 is 1.68. The van der Waals surface area contributed by atoms with Crippen LogP contribution in [0.2, 0.25) is 0 Å². The summed E-state index contributed by atoms with van der Waals surface area (Å²) < 4.78 is 7.67. The maximum atomic E-state index is 5.62. The van der Waals surface area contributed by atoms with Gasteiger partial charge in [0, 0.05) is 25.2 Å². The van der Waals surface area contributed by atoms with Gasteiger partial charge in [0.15, 0.2) is 5.16 Å². The summed E-state index contributed by atoms with van der Waals surface area (Å²) in [6.07, 6.45) is 3.62. The normalized spacial score (nSPS) is 11.3. The van der Waals surface area contributed by atoms with E-state index < -0.39 is 0 Å². The fourth-order valence-corrected chi connectivity index (χ4v) is 3.25. The van der Waals surface area contributed by atoms with Crippen LogP contribution in [0.25, 0.3) is 0 Å². The van der Waals surface area contributed by atoms with Crippen LogP contribution in [0.5, 0.6) is 0 Å². The molecule has 0 aromatic carbocycles. The number of furan rings is 1. The monoisotopic (exact) mass is 343 g/mol. The average molecular weight is 343 g/mol. The molecule has 0 aliphatic carbocycles. The van der Waals surface area contributed by atoms with E-state index in [0.29, 0.717) is 0 Å². The first-order valence-corrected chi connectivity index (χ1v) is 8.74. The minimum absolute atomic E-state index is 0.721. The van der Waals surface area contributed by atoms with E-state index in [4.69, 9.17) is 4.42 Å². The molecule has 0 saturated heterocycles. The van der Waals surface area contributed by atoms with Crippen LogP contribution < -0.4 is 0 Å². The molecule has 3 aromatic heterocycles. The summed E-state index contributed by atoms with van der Waals surface area (Å²) in [5.74, 6) is 3.70. The molecule has 0 atom stereocenters. The van der Waals surface area contributed by atoms with Crippen molar-refractivity contribution in [2.45, 2.75) is 30.9 Å². The summed E-state index contributed by atoms with van der Waals surface area (Å²) in [6.45, 7) is 3.43. The third-order valence-corrected chi connectivity index (χ3v) is 4.77. The van der Waals surface area contributed by atoms with E-state index in [1.165, 1.54) is 5.56 Å². The quantitative estimate of drug-likeness (QED) is 0.615. The highest BCUT2D eigenvalue weighted by Gasteiger charge is 2.12. The first kappa shape index (κ1) is 16.7. The second kappa shape index (κ2) is 7.63. The van der Waals surface area contributed by atoms with E-state index in [1.807, 2.05) is 50.6 Å². The van der Waals surface area contributed by atoms with Crippen LogP contribution in [0, 0.1) is 6.92 Å². The minimum atomic E-state index is 0.721. The lowest BCUT2D eigenvalue weighted by Gasteiger charge is -2.14. The Hall–Kier alpha value is -2.12. The zero-order chi connectivity index (χ0) is 16.9. The molecule has 126 valence electrons. The SMILES string of the molecule is Cc1ccc(CN(C)Cc2nnc(SCc3ccncc3)n2C)o1. The Balaban J connectivity index is 1.58. The first-order chi connectivity index (χ1) is 11.6. The topological polar surface area (TPSA) is 60.0 Å². The van der Waals surface area contributed by atoms with Crippen LogP contribution in [0.3, 0.4) is 0 Å². The molecule has 3 heterocycles. The molecule has 24 heavy (non-hydrogen) atoms. The van der Waals surface area contributed by atoms with Crippen molar-refractivity contribution >= 4 is 11.8 Å². The highest BCUT2D eigenvalue weighted by Crippen LogP contribution is 2.21. The number of aromatic nitrogens is 4. The van der Waals surface area contributed by atoms with Crippen molar-refractivity contribution in [1.29, 1.82) is 0 Å². The van der Waals surface area contributed by atoms with Crippen molar-refractivity contribution in [3.8, 4) is 0 Å². The van der Waals surface area contributed by atoms with Gasteiger partial charge in [0.25, 0.3) is 0 Å². The molecule has 3 rings (SSSR count). The van der Waals surface area contributed by atoms with Crippen LogP contribution in [0.15, 0.2) is 46.2 Å². The zero-order valence-corrected chi connectivity index (χ0v) is 15.0. The molecule has 0 bridgehead atoms. The van der Waals surface area contributed by atoms with Crippen molar-refractivity contribution in [3.63, 3.8) is 0 Å². The number of pyridine rings is 1. The first-order valence-electron chi connectivity index (χ1n) is 7.75. The second-order valence-corrected chi connectivity index (χ2v) is 6.73. The zero-order valence-electron chi connectivity index (χ0n) is 14.1. The molecule has 0 saturated carbocycles. The van der Waals surface area contributed by atoms with E-state index in [0.717, 1.165) is 41.3 Å². The van der Waals surface area contributed by atoms with Gasteiger partial charge in [0.05, 0.1) is 13.1 Å². The lowest BCUT2D eigenvalue weighted by Crippen LogP contribution is -2.19. The molecule has 6 nitrogen and oxygen atoms in total. The molecule has 0 N–H and O–H groups in total. The molecule has 0 spiro atoms. The summed E-state index contributed by atoms with van der Waals surface area (Å²) in [4.78, 5) is 6.20. The average Bonchev–Trinajstić information content (AvgIpc) is 3.13. The van der Waals surface area contributed by atoms with Crippen molar-refractivity contribution in [3.05, 3.63) is 59.6 Å². The van der Waals surface area contributed by atoms with Gasteiger partial charge < -0.3 is 8.98 Å². The summed E-state index contributed by atoms with van der Waals surface area (Å²) in [5, 5.41) is 9.55. The summed E-state index contributed by atoms with van der Waals surface area (Å²) in [5.41, 5.74) is 1.23. The van der Waals surface area contributed by atoms with E-state index in [1.54, 1.807) is 11.8 Å². The Morgan fingerprint density at radius 2 is 1.92 bits per heavy atom. The predicted molar refractivity (Wildman–Crippen MR) is 93.4 cm³/mol. The molecule has 0 fully saturated rings. The van der Waals surface area contributed by atoms with Crippen LogP contribution >= 0.6 is 11.8 Å². The number of rotatable bonds is 7. The van der Waals surface area contributed by atoms with E-state index >= 15 is 0 Å². The van der Waals surface area contributed by atoms with Gasteiger partial charge in [-0.1, -0.05) is 11.8 Å². The molecule has 7 heteroatoms. The molecular formula is C17H21N5OS. The molecule has 0 aliphatic rings. The maximum absolute atomic E-state index is 5.62. The molecule has 0 amide bonds. The standard InChI is InChI=1S/C17H21N5OS/c1-13-4-5-15(23-13)10-21(2)11-16-19-20-17(22(16)3)24-12-14-6-8-18-9-7-14/h4-9H,10-12H2,1-3H3. The van der Waals surface area contributed by atoms with E-state index in [-0.39, 0.29) is 0 Å². The molecule has 3 aromatic rings. The van der Waals surface area contributed by atoms with Gasteiger partial charge in [-0.2, -0.15) is 0 Å². The van der Waals surface area contributed by atoms with Crippen LogP contribution in [0.1, 0.15) is 22.9 Å². The fourth-order valence-electron chi connectivity index (χ4n) is 2.37. The Morgan fingerprint density at radius 3 is 2.62 bits per heavy atom. The molecule has 0 aliphatic heterocycles. The Kier molecular flexibility index (Phi) is 5.32. The van der Waals surface area contributed by atoms with E-state index in [2.05, 4.69) is 31.7 Å². The number of nitrogens with zero attached hydrogens (tertiary/aromatic N) is 5. The Morgan fingerprint density at radius 1 is 1.12 bits per heavy atom. The Bertz CT molecular complexity index is 783. The molecular weight excluding hydrogens is 322 g/mol. The second-order valence-electron chi connectivity index (χ2n) is 5.79. The third-order valence-electron chi connectivity index (χ3n) is 3.68. The smallest absolute Gasteiger partial charge is 0.191 e.